The van der Waals surface area contributed by atoms with Gasteiger partial charge in [-0.15, -0.1) is 5.06 Å². The number of hydrogen-bond donors (Lipinski definition) is 2. The van der Waals surface area contributed by atoms with E-state index in [4.69, 9.17) is 10.9 Å². The quantitative estimate of drug-likeness (QED) is 0.441. The second kappa shape index (κ2) is 5.84. The van der Waals surface area contributed by atoms with Crippen LogP contribution in [0.5, 0.6) is 0 Å². The van der Waals surface area contributed by atoms with Crippen LogP contribution in [0, 0.1) is 0 Å². The van der Waals surface area contributed by atoms with Crippen LogP contribution in [0.2, 0.25) is 0 Å². The van der Waals surface area contributed by atoms with Crippen molar-refractivity contribution in [2.24, 2.45) is 5.73 Å². The number of hydroxylamine groups is 2. The summed E-state index contributed by atoms with van der Waals surface area (Å²) in [6, 6.07) is 0. The van der Waals surface area contributed by atoms with E-state index in [1.54, 1.807) is 0 Å². The van der Waals surface area contributed by atoms with Gasteiger partial charge in [0.2, 0.25) is 0 Å². The molecular formula is C10H11N3O5. The Kier molecular flexibility index (Phi) is 4.46. The molecule has 0 saturated heterocycles. The Bertz CT molecular complexity index is 418. The molecule has 3 N–H and O–H groups in total. The van der Waals surface area contributed by atoms with E-state index < -0.39 is 11.8 Å². The molecule has 0 aromatic heterocycles. The number of nitrogens with zero attached hydrogens (tertiary/aromatic N) is 2. The summed E-state index contributed by atoms with van der Waals surface area (Å²) in [5.41, 5.74) is 5.16. The van der Waals surface area contributed by atoms with Gasteiger partial charge in [-0.05, 0) is 0 Å². The standard InChI is InChI=1S/C6H8N2O2.C4H3NO3/c7-3-4-8-5(9)1-2-6(8)10;6-3-1-2-4(7)5(3)8/h1-2H,3-4,7H2;1-2,8H. The maximum atomic E-state index is 10.7. The molecule has 0 aromatic carbocycles. The average Bonchev–Trinajstić information content (AvgIpc) is 2.81. The van der Waals surface area contributed by atoms with Crippen molar-refractivity contribution >= 4 is 23.6 Å². The van der Waals surface area contributed by atoms with Gasteiger partial charge in [-0.25, -0.2) is 0 Å². The van der Waals surface area contributed by atoms with Gasteiger partial charge in [-0.2, -0.15) is 0 Å². The summed E-state index contributed by atoms with van der Waals surface area (Å²) in [4.78, 5) is 42.9. The largest absolute Gasteiger partial charge is 0.329 e. The zero-order valence-electron chi connectivity index (χ0n) is 9.28. The van der Waals surface area contributed by atoms with E-state index in [1.165, 1.54) is 12.2 Å². The van der Waals surface area contributed by atoms with E-state index in [2.05, 4.69) is 0 Å². The molecule has 8 nitrogen and oxygen atoms in total. The first kappa shape index (κ1) is 13.7. The maximum Gasteiger partial charge on any atom is 0.277 e. The minimum absolute atomic E-state index is 0.0556. The zero-order chi connectivity index (χ0) is 13.7. The molecule has 8 heteroatoms. The lowest BCUT2D eigenvalue weighted by Gasteiger charge is -2.10. The lowest BCUT2D eigenvalue weighted by Crippen LogP contribution is -2.34. The van der Waals surface area contributed by atoms with E-state index in [0.29, 0.717) is 13.1 Å². The molecule has 2 aliphatic rings. The Morgan fingerprint density at radius 1 is 0.889 bits per heavy atom. The third-order valence-corrected chi connectivity index (χ3v) is 2.04. The van der Waals surface area contributed by atoms with Crippen LogP contribution < -0.4 is 5.73 Å². The summed E-state index contributed by atoms with van der Waals surface area (Å²) in [7, 11) is 0. The third kappa shape index (κ3) is 3.09. The second-order valence-corrected chi connectivity index (χ2v) is 3.27. The normalized spacial score (nSPS) is 17.7. The van der Waals surface area contributed by atoms with E-state index in [1.807, 2.05) is 0 Å². The Morgan fingerprint density at radius 2 is 1.28 bits per heavy atom. The van der Waals surface area contributed by atoms with Gasteiger partial charge in [-0.3, -0.25) is 29.3 Å². The van der Waals surface area contributed by atoms with Crippen LogP contribution in [-0.4, -0.2) is 51.9 Å². The van der Waals surface area contributed by atoms with Gasteiger partial charge in [0.25, 0.3) is 23.6 Å². The molecule has 0 bridgehead atoms. The first-order valence-corrected chi connectivity index (χ1v) is 4.96. The molecule has 0 unspecified atom stereocenters. The minimum Gasteiger partial charge on any atom is -0.329 e. The van der Waals surface area contributed by atoms with Crippen LogP contribution in [0.25, 0.3) is 0 Å². The molecule has 0 spiro atoms. The highest BCUT2D eigenvalue weighted by Gasteiger charge is 2.21. The fourth-order valence-electron chi connectivity index (χ4n) is 1.17. The lowest BCUT2D eigenvalue weighted by molar-refractivity contribution is -0.169. The zero-order valence-corrected chi connectivity index (χ0v) is 9.28. The molecule has 0 aromatic rings. The summed E-state index contributed by atoms with van der Waals surface area (Å²) < 4.78 is 0. The summed E-state index contributed by atoms with van der Waals surface area (Å²) in [5, 5.41) is 8.39. The summed E-state index contributed by atoms with van der Waals surface area (Å²) in [6.07, 6.45) is 4.50. The number of carbonyl (C=O) groups is 4. The van der Waals surface area contributed by atoms with Gasteiger partial charge in [0.1, 0.15) is 0 Å². The topological polar surface area (TPSA) is 121 Å². The predicted octanol–water partition coefficient (Wildman–Crippen LogP) is -1.83. The summed E-state index contributed by atoms with van der Waals surface area (Å²) >= 11 is 0. The maximum absolute atomic E-state index is 10.7. The number of imide groups is 2. The van der Waals surface area contributed by atoms with Crippen molar-refractivity contribution < 1.29 is 24.4 Å². The van der Waals surface area contributed by atoms with Crippen molar-refractivity contribution in [2.75, 3.05) is 13.1 Å². The fraction of sp³-hybridized carbons (Fsp3) is 0.200. The fourth-order valence-corrected chi connectivity index (χ4v) is 1.17. The molecule has 2 heterocycles. The van der Waals surface area contributed by atoms with Gasteiger partial charge in [0, 0.05) is 37.4 Å². The Morgan fingerprint density at radius 3 is 1.56 bits per heavy atom. The predicted molar refractivity (Wildman–Crippen MR) is 57.7 cm³/mol. The van der Waals surface area contributed by atoms with Gasteiger partial charge < -0.3 is 5.73 Å². The second-order valence-electron chi connectivity index (χ2n) is 3.27. The monoisotopic (exact) mass is 253 g/mol. The van der Waals surface area contributed by atoms with Crippen molar-refractivity contribution in [1.29, 1.82) is 0 Å². The van der Waals surface area contributed by atoms with Crippen LogP contribution in [-0.2, 0) is 19.2 Å². The number of nitrogens with two attached hydrogens (primary N) is 1. The van der Waals surface area contributed by atoms with Crippen LogP contribution in [0.3, 0.4) is 0 Å². The van der Waals surface area contributed by atoms with Crippen molar-refractivity contribution in [2.45, 2.75) is 0 Å². The van der Waals surface area contributed by atoms with Crippen LogP contribution in [0.4, 0.5) is 0 Å². The third-order valence-electron chi connectivity index (χ3n) is 2.04. The molecule has 0 atom stereocenters. The van der Waals surface area contributed by atoms with Gasteiger partial charge in [0.15, 0.2) is 0 Å². The molecule has 4 amide bonds. The molecule has 2 rings (SSSR count). The summed E-state index contributed by atoms with van der Waals surface area (Å²) in [6.45, 7) is 0.629. The van der Waals surface area contributed by atoms with Crippen LogP contribution in [0.1, 0.15) is 0 Å². The van der Waals surface area contributed by atoms with Crippen molar-refractivity contribution in [1.82, 2.24) is 9.96 Å². The first-order chi connectivity index (χ1) is 8.47. The number of rotatable bonds is 2. The number of amides is 4. The SMILES string of the molecule is NCCN1C(=O)C=CC1=O.O=C1C=CC(=O)N1O. The lowest BCUT2D eigenvalue weighted by atomic mass is 10.5. The Hall–Kier alpha value is -2.32. The Balaban J connectivity index is 0.000000184. The van der Waals surface area contributed by atoms with Crippen LogP contribution >= 0.6 is 0 Å². The van der Waals surface area contributed by atoms with Crippen molar-refractivity contribution in [3.05, 3.63) is 24.3 Å². The summed E-state index contributed by atoms with van der Waals surface area (Å²) in [5.74, 6) is -1.91. The molecule has 0 aliphatic carbocycles. The molecule has 96 valence electrons. The van der Waals surface area contributed by atoms with Crippen LogP contribution in [0.15, 0.2) is 24.3 Å². The number of carbonyl (C=O) groups excluding carboxylic acids is 4. The molecule has 18 heavy (non-hydrogen) atoms. The molecule has 0 fully saturated rings. The van der Waals surface area contributed by atoms with E-state index in [0.717, 1.165) is 17.1 Å². The molecule has 0 saturated carbocycles. The smallest absolute Gasteiger partial charge is 0.277 e. The first-order valence-electron chi connectivity index (χ1n) is 4.96. The molecule has 2 aliphatic heterocycles. The van der Waals surface area contributed by atoms with Crippen molar-refractivity contribution in [3.8, 4) is 0 Å². The Labute approximate surface area is 102 Å². The van der Waals surface area contributed by atoms with E-state index >= 15 is 0 Å². The highest BCUT2D eigenvalue weighted by Crippen LogP contribution is 2.00. The highest BCUT2D eigenvalue weighted by molar-refractivity contribution is 6.13. The van der Waals surface area contributed by atoms with E-state index in [-0.39, 0.29) is 16.9 Å². The average molecular weight is 253 g/mol. The van der Waals surface area contributed by atoms with E-state index in [9.17, 15) is 19.2 Å². The molecule has 0 radical (unpaired) electrons. The molecular weight excluding hydrogens is 242 g/mol. The number of hydrogen-bond acceptors (Lipinski definition) is 6. The van der Waals surface area contributed by atoms with Gasteiger partial charge in [0.05, 0.1) is 0 Å². The highest BCUT2D eigenvalue weighted by atomic mass is 16.5. The van der Waals surface area contributed by atoms with Gasteiger partial charge in [-0.1, -0.05) is 0 Å². The minimum atomic E-state index is -0.685. The van der Waals surface area contributed by atoms with Crippen molar-refractivity contribution in [3.63, 3.8) is 0 Å². The van der Waals surface area contributed by atoms with Gasteiger partial charge >= 0.3 is 0 Å².